The zero-order chi connectivity index (χ0) is 26.1. The summed E-state index contributed by atoms with van der Waals surface area (Å²) < 4.78 is 16.9. The fraction of sp³-hybridized carbons (Fsp3) is 0.103. The second-order valence-corrected chi connectivity index (χ2v) is 8.73. The van der Waals surface area contributed by atoms with Crippen LogP contribution in [0.2, 0.25) is 0 Å². The largest absolute Gasteiger partial charge is 0.382 e. The average molecular weight is 494 g/mol. The van der Waals surface area contributed by atoms with Gasteiger partial charge in [0.1, 0.15) is 22.9 Å². The second kappa shape index (κ2) is 9.66. The molecule has 2 aromatic heterocycles. The summed E-state index contributed by atoms with van der Waals surface area (Å²) in [7, 11) is 1.76. The van der Waals surface area contributed by atoms with E-state index in [9.17, 15) is 14.0 Å². The summed E-state index contributed by atoms with van der Waals surface area (Å²) in [6, 6.07) is 22.5. The number of nitrogen functional groups attached to an aromatic ring is 1. The van der Waals surface area contributed by atoms with Crippen molar-refractivity contribution < 1.29 is 9.18 Å². The van der Waals surface area contributed by atoms with Gasteiger partial charge in [0.25, 0.3) is 5.56 Å². The Balaban J connectivity index is 1.41. The molecule has 0 saturated carbocycles. The lowest BCUT2D eigenvalue weighted by Crippen LogP contribution is -2.23. The molecule has 0 atom stereocenters. The minimum absolute atomic E-state index is 0.0691. The molecule has 0 fully saturated rings. The number of hydrogen-bond donors (Lipinski definition) is 1. The number of para-hydroxylation sites is 1. The predicted molar refractivity (Wildman–Crippen MR) is 141 cm³/mol. The van der Waals surface area contributed by atoms with Crippen LogP contribution >= 0.6 is 0 Å². The van der Waals surface area contributed by atoms with Crippen molar-refractivity contribution >= 4 is 11.6 Å². The van der Waals surface area contributed by atoms with Gasteiger partial charge in [-0.25, -0.2) is 19.0 Å². The molecule has 2 N–H and O–H groups in total. The Labute approximate surface area is 212 Å². The summed E-state index contributed by atoms with van der Waals surface area (Å²) in [4.78, 5) is 35.2. The van der Waals surface area contributed by atoms with Crippen LogP contribution in [0.15, 0.2) is 89.9 Å². The Hall–Kier alpha value is -4.85. The maximum atomic E-state index is 13.7. The lowest BCUT2D eigenvalue weighted by molar-refractivity contribution is 0.0991. The minimum Gasteiger partial charge on any atom is -0.382 e. The molecule has 0 bridgehead atoms. The normalized spacial score (nSPS) is 11.0. The number of rotatable bonds is 6. The molecule has 0 radical (unpaired) electrons. The monoisotopic (exact) mass is 493 g/mol. The third kappa shape index (κ3) is 4.56. The van der Waals surface area contributed by atoms with Gasteiger partial charge in [0, 0.05) is 30.3 Å². The minimum atomic E-state index is -0.365. The van der Waals surface area contributed by atoms with E-state index in [1.165, 1.54) is 23.0 Å². The van der Waals surface area contributed by atoms with Crippen molar-refractivity contribution in [2.75, 3.05) is 5.73 Å². The van der Waals surface area contributed by atoms with Gasteiger partial charge < -0.3 is 5.73 Å². The summed E-state index contributed by atoms with van der Waals surface area (Å²) in [6.07, 6.45) is 1.57. The summed E-state index contributed by atoms with van der Waals surface area (Å²) in [5.41, 5.74) is 10.2. The molecule has 0 spiro atoms. The van der Waals surface area contributed by atoms with E-state index in [1.54, 1.807) is 55.1 Å². The number of carbonyl (C=O) groups is 1. The molecule has 0 amide bonds. The molecular weight excluding hydrogens is 469 g/mol. The van der Waals surface area contributed by atoms with Gasteiger partial charge in [-0.1, -0.05) is 54.6 Å². The second-order valence-electron chi connectivity index (χ2n) is 8.73. The van der Waals surface area contributed by atoms with Gasteiger partial charge >= 0.3 is 0 Å². The highest BCUT2D eigenvalue weighted by Gasteiger charge is 2.22. The Morgan fingerprint density at radius 2 is 1.70 bits per heavy atom. The standard InChI is InChI=1S/C29H24FN5O2/c1-18-26(29(37)35(34(18)2)23-9-4-3-5-10-23)25(36)15-19-11-13-20(14-12-19)27-28(31)32-17-24(33-27)21-7-6-8-22(30)16-21/h3-14,16-17H,15H2,1-2H3,(H2,31,32). The topological polar surface area (TPSA) is 95.8 Å². The smallest absolute Gasteiger partial charge is 0.282 e. The number of halogens is 1. The van der Waals surface area contributed by atoms with Gasteiger partial charge in [0.15, 0.2) is 5.78 Å². The van der Waals surface area contributed by atoms with Crippen molar-refractivity contribution in [3.63, 3.8) is 0 Å². The van der Waals surface area contributed by atoms with E-state index >= 15 is 0 Å². The molecular formula is C29H24FN5O2. The number of benzene rings is 3. The van der Waals surface area contributed by atoms with Crippen molar-refractivity contribution in [2.45, 2.75) is 13.3 Å². The number of Topliss-reactive ketones (excluding diaryl/α,β-unsaturated/α-hetero) is 1. The van der Waals surface area contributed by atoms with E-state index in [1.807, 2.05) is 30.3 Å². The van der Waals surface area contributed by atoms with Crippen molar-refractivity contribution in [2.24, 2.45) is 7.05 Å². The number of hydrogen-bond acceptors (Lipinski definition) is 5. The molecule has 0 saturated heterocycles. The highest BCUT2D eigenvalue weighted by Crippen LogP contribution is 2.27. The summed E-state index contributed by atoms with van der Waals surface area (Å²) in [6.45, 7) is 1.77. The highest BCUT2D eigenvalue weighted by atomic mass is 19.1. The van der Waals surface area contributed by atoms with E-state index in [0.717, 1.165) is 5.56 Å². The number of anilines is 1. The molecule has 0 aliphatic carbocycles. The Bertz CT molecular complexity index is 1670. The highest BCUT2D eigenvalue weighted by molar-refractivity contribution is 5.98. The van der Waals surface area contributed by atoms with Crippen LogP contribution in [-0.4, -0.2) is 25.1 Å². The number of nitrogens with two attached hydrogens (primary N) is 1. The number of nitrogens with zero attached hydrogens (tertiary/aromatic N) is 4. The van der Waals surface area contributed by atoms with Crippen molar-refractivity contribution in [3.05, 3.63) is 118 Å². The predicted octanol–water partition coefficient (Wildman–Crippen LogP) is 4.76. The van der Waals surface area contributed by atoms with Crippen LogP contribution < -0.4 is 11.3 Å². The lowest BCUT2D eigenvalue weighted by Gasteiger charge is -2.08. The number of carbonyl (C=O) groups excluding carboxylic acids is 1. The summed E-state index contributed by atoms with van der Waals surface area (Å²) >= 11 is 0. The van der Waals surface area contributed by atoms with Crippen LogP contribution in [0.5, 0.6) is 0 Å². The third-order valence-electron chi connectivity index (χ3n) is 6.35. The zero-order valence-electron chi connectivity index (χ0n) is 20.4. The van der Waals surface area contributed by atoms with Gasteiger partial charge in [0.05, 0.1) is 17.6 Å². The van der Waals surface area contributed by atoms with E-state index in [0.29, 0.717) is 33.9 Å². The van der Waals surface area contributed by atoms with Crippen LogP contribution in [0.25, 0.3) is 28.2 Å². The third-order valence-corrected chi connectivity index (χ3v) is 6.35. The zero-order valence-corrected chi connectivity index (χ0v) is 20.4. The van der Waals surface area contributed by atoms with Crippen LogP contribution in [0.3, 0.4) is 0 Å². The molecule has 184 valence electrons. The maximum absolute atomic E-state index is 13.7. The first-order valence-electron chi connectivity index (χ1n) is 11.7. The van der Waals surface area contributed by atoms with Gasteiger partial charge in [-0.3, -0.25) is 14.3 Å². The first kappa shape index (κ1) is 23.9. The number of aromatic nitrogens is 4. The Kier molecular flexibility index (Phi) is 6.23. The van der Waals surface area contributed by atoms with Crippen LogP contribution in [-0.2, 0) is 13.5 Å². The first-order chi connectivity index (χ1) is 17.8. The van der Waals surface area contributed by atoms with E-state index in [-0.39, 0.29) is 35.0 Å². The SMILES string of the molecule is Cc1c(C(=O)Cc2ccc(-c3nc(-c4cccc(F)c4)cnc3N)cc2)c(=O)n(-c2ccccc2)n1C. The van der Waals surface area contributed by atoms with Crippen molar-refractivity contribution in [1.29, 1.82) is 0 Å². The molecule has 7 nitrogen and oxygen atoms in total. The van der Waals surface area contributed by atoms with Crippen molar-refractivity contribution in [1.82, 2.24) is 19.3 Å². The maximum Gasteiger partial charge on any atom is 0.282 e. The summed E-state index contributed by atoms with van der Waals surface area (Å²) in [5, 5.41) is 0. The number of ketones is 1. The lowest BCUT2D eigenvalue weighted by atomic mass is 10.0. The van der Waals surface area contributed by atoms with E-state index in [4.69, 9.17) is 5.73 Å². The molecule has 3 aromatic carbocycles. The van der Waals surface area contributed by atoms with Crippen molar-refractivity contribution in [3.8, 4) is 28.2 Å². The molecule has 0 aliphatic rings. The fourth-order valence-electron chi connectivity index (χ4n) is 4.34. The van der Waals surface area contributed by atoms with Crippen LogP contribution in [0, 0.1) is 12.7 Å². The average Bonchev–Trinajstić information content (AvgIpc) is 3.13. The summed E-state index contributed by atoms with van der Waals surface area (Å²) in [5.74, 6) is -0.380. The molecule has 2 heterocycles. The molecule has 5 rings (SSSR count). The van der Waals surface area contributed by atoms with E-state index in [2.05, 4.69) is 9.97 Å². The van der Waals surface area contributed by atoms with Crippen LogP contribution in [0.1, 0.15) is 21.6 Å². The molecule has 8 heteroatoms. The molecule has 5 aromatic rings. The van der Waals surface area contributed by atoms with Crippen LogP contribution in [0.4, 0.5) is 10.2 Å². The quantitative estimate of drug-likeness (QED) is 0.344. The molecule has 0 unspecified atom stereocenters. The Morgan fingerprint density at radius 1 is 0.973 bits per heavy atom. The van der Waals surface area contributed by atoms with Gasteiger partial charge in [-0.2, -0.15) is 0 Å². The van der Waals surface area contributed by atoms with Gasteiger partial charge in [-0.05, 0) is 36.8 Å². The molecule has 0 aliphatic heterocycles. The first-order valence-corrected chi connectivity index (χ1v) is 11.7. The molecule has 37 heavy (non-hydrogen) atoms. The van der Waals surface area contributed by atoms with Gasteiger partial charge in [-0.15, -0.1) is 0 Å². The fourth-order valence-corrected chi connectivity index (χ4v) is 4.34. The Morgan fingerprint density at radius 3 is 2.41 bits per heavy atom. The van der Waals surface area contributed by atoms with E-state index < -0.39 is 0 Å². The van der Waals surface area contributed by atoms with Gasteiger partial charge in [0.2, 0.25) is 0 Å².